The molecule has 5 aromatic carbocycles. The molecule has 5 heterocycles. The van der Waals surface area contributed by atoms with E-state index in [-0.39, 0.29) is 154 Å². The van der Waals surface area contributed by atoms with Gasteiger partial charge in [0, 0.05) is 47.2 Å². The Morgan fingerprint density at radius 3 is 1.19 bits per heavy atom. The van der Waals surface area contributed by atoms with Crippen molar-refractivity contribution in [2.24, 2.45) is 17.6 Å². The third kappa shape index (κ3) is 46.9. The van der Waals surface area contributed by atoms with Crippen LogP contribution in [0.2, 0.25) is 0 Å². The molecule has 0 aliphatic carbocycles. The molecular weight excluding hydrogens is 1940 g/mol. The van der Waals surface area contributed by atoms with Gasteiger partial charge in [-0.3, -0.25) is 9.35 Å². The zero-order valence-electron chi connectivity index (χ0n) is 70.4. The van der Waals surface area contributed by atoms with Crippen LogP contribution >= 0.6 is 96.8 Å². The first-order chi connectivity index (χ1) is 56.7. The lowest BCUT2D eigenvalue weighted by Crippen LogP contribution is -2.19. The Kier molecular flexibility index (Phi) is 62.7. The largest absolute Gasteiger partial charge is 0.507 e. The number of hydrogen-bond donors (Lipinski definition) is 5. The number of benzene rings is 5. The molecule has 0 unspecified atom stereocenters. The summed E-state index contributed by atoms with van der Waals surface area (Å²) >= 11 is 2.35. The first-order valence-electron chi connectivity index (χ1n) is 37.3. The lowest BCUT2D eigenvalue weighted by molar-refractivity contribution is 0.0586. The lowest BCUT2D eigenvalue weighted by Gasteiger charge is -2.14. The Hall–Kier alpha value is -7.34. The Morgan fingerprint density at radius 1 is 0.500 bits per heavy atom. The minimum absolute atomic E-state index is 0. The van der Waals surface area contributed by atoms with Crippen LogP contribution in [0.3, 0.4) is 0 Å². The molecule has 3 atom stereocenters. The molecule has 2 aromatic heterocycles. The number of sulfone groups is 2. The van der Waals surface area contributed by atoms with Gasteiger partial charge in [-0.25, -0.2) is 63.2 Å². The second-order valence-electron chi connectivity index (χ2n) is 25.6. The summed E-state index contributed by atoms with van der Waals surface area (Å²) in [5.41, 5.74) is 12.1. The van der Waals surface area contributed by atoms with E-state index in [4.69, 9.17) is 78.1 Å². The summed E-state index contributed by atoms with van der Waals surface area (Å²) in [7, 11) is -0.821. The number of para-hydroxylation sites is 2. The molecule has 124 heavy (non-hydrogen) atoms. The molecule has 7 N–H and O–H groups in total. The van der Waals surface area contributed by atoms with Gasteiger partial charge in [-0.1, -0.05) is 81.5 Å². The van der Waals surface area contributed by atoms with Gasteiger partial charge in [-0.05, 0) is 185 Å². The monoisotopic (exact) mass is 2050 g/mol. The summed E-state index contributed by atoms with van der Waals surface area (Å²) in [6.45, 7) is 18.5. The number of nitrogen functional groups attached to an aromatic ring is 1. The van der Waals surface area contributed by atoms with Gasteiger partial charge in [0.1, 0.15) is 74.3 Å². The number of nitrogens with one attached hydrogen (secondary N) is 1. The molecule has 698 valence electrons. The van der Waals surface area contributed by atoms with Crippen molar-refractivity contribution in [2.45, 2.75) is 121 Å². The highest BCUT2D eigenvalue weighted by atomic mass is 127. The van der Waals surface area contributed by atoms with E-state index < -0.39 is 67.7 Å². The average molecular weight is 2060 g/mol. The van der Waals surface area contributed by atoms with E-state index in [2.05, 4.69) is 69.7 Å². The molecule has 3 aliphatic rings. The second kappa shape index (κ2) is 64.4. The van der Waals surface area contributed by atoms with Crippen molar-refractivity contribution in [1.82, 2.24) is 9.97 Å². The van der Waals surface area contributed by atoms with Gasteiger partial charge in [0.15, 0.2) is 19.7 Å². The maximum atomic E-state index is 13.4. The number of aromatic nitrogens is 2. The Morgan fingerprint density at radius 2 is 0.847 bits per heavy atom. The van der Waals surface area contributed by atoms with Crippen molar-refractivity contribution < 1.29 is 128 Å². The number of rotatable bonds is 26. The van der Waals surface area contributed by atoms with Crippen LogP contribution in [0.5, 0.6) is 28.7 Å². The third-order valence-corrected chi connectivity index (χ3v) is 22.0. The summed E-state index contributed by atoms with van der Waals surface area (Å²) in [5, 5.41) is 11.7. The number of nitrogens with two attached hydrogens (primary N) is 2. The van der Waals surface area contributed by atoms with Crippen LogP contribution < -0.4 is 35.7 Å². The minimum Gasteiger partial charge on any atom is -0.507 e. The van der Waals surface area contributed by atoms with Crippen LogP contribution in [-0.2, 0) is 71.2 Å². The number of ether oxygens (including phenoxy) is 11. The first kappa shape index (κ1) is 121. The molecule has 0 saturated carbocycles. The molecule has 31 nitrogen and oxygen atoms in total. The van der Waals surface area contributed by atoms with Crippen LogP contribution in [-0.4, -0.2) is 200 Å². The van der Waals surface area contributed by atoms with Crippen LogP contribution in [0.25, 0.3) is 0 Å². The van der Waals surface area contributed by atoms with Gasteiger partial charge in [0.25, 0.3) is 15.0 Å². The number of phenols is 1. The SMILES string of the molecule is CCCI.CCCOc1ccc(S(=O)(=O)C[C@H]2CCOC2)cc1C(=O)Nc1ccc(F)c(C)n1.CCCOc1ccc(S(=O)(=O)C[C@H]2CCOC2)cc1C(=O)OC.CCCOc1ccc(S(=O)(=O)Cl)cc1C(=O)OC.CCCOc1ccccc1C(=O)OC.COC(=O)c1ccccc1O.Cc1nc(N)ccc1F.Cl.N[C@H]1CCOC1.O=S(=O)(O)Cl.S.S.S. The number of amides is 1. The van der Waals surface area contributed by atoms with E-state index in [0.29, 0.717) is 93.9 Å². The highest BCUT2D eigenvalue weighted by Crippen LogP contribution is 2.31. The molecule has 3 saturated heterocycles. The molecule has 1 amide bonds. The van der Waals surface area contributed by atoms with E-state index in [0.717, 1.165) is 57.8 Å². The molecule has 3 fully saturated rings. The lowest BCUT2D eigenvalue weighted by atomic mass is 10.2. The van der Waals surface area contributed by atoms with Crippen molar-refractivity contribution in [3.63, 3.8) is 0 Å². The van der Waals surface area contributed by atoms with E-state index >= 15 is 0 Å². The zero-order valence-corrected chi connectivity index (χ0v) is 81.1. The van der Waals surface area contributed by atoms with Crippen molar-refractivity contribution >= 4 is 176 Å². The number of pyridine rings is 2. The predicted molar refractivity (Wildman–Crippen MR) is 496 cm³/mol. The first-order valence-corrected chi connectivity index (χ1v) is 46.7. The Labute approximate surface area is 774 Å². The van der Waals surface area contributed by atoms with E-state index in [1.165, 1.54) is 131 Å². The number of carbonyl (C=O) groups excluding carboxylic acids is 5. The molecule has 3 aliphatic heterocycles. The molecule has 0 spiro atoms. The Balaban J connectivity index is -0.00000140. The fourth-order valence-corrected chi connectivity index (χ4v) is 13.9. The number of halogens is 6. The highest BCUT2D eigenvalue weighted by molar-refractivity contribution is 14.1. The standard InChI is InChI=1S/C21H25FN2O5S.C16H22O6S.C11H13ClO5S.C11H14O3.C8H8O3.C6H7FN2.C4H9NO.C3H7I.ClHO3S.ClH.3H2S/c1-3-9-29-19-6-4-16(30(26,27)13-15-8-10-28-12-15)11-17(19)21(25)24-20-7-5-18(22)14(2)23-20;1-3-7-22-15-5-4-13(9-14(15)16(17)20-2)23(18,19)11-12-6-8-21-10-12;1-3-6-17-10-5-4-8(18(12,14)15)7-9(10)11(13)16-2;1-3-8-14-10-7-5-4-6-9(10)11(12)13-2;1-11-8(10)6-4-2-3-5-7(6)9;1-4-5(7)2-3-6(8)9-4;5-4-1-2-6-3-4;1-2-3-4;1-5(2,3)4;;;;/h4-7,11,15H,3,8-10,12-13H2,1-2H3,(H,23,24,25);4-5,9,12H,3,6-8,10-11H2,1-2H3;4-5,7H,3,6H2,1-2H3;4-7H,3,8H2,1-2H3;2-5,9H,1H3;2-3H,1H3,(H2,8,9);4H,1-3,5H2;2-3H2,1H3;(H,2,3,4);1H;3*1H2/t15-;12-;;;;;4-;;;;;;/m00....0....../s1. The molecular formula is C80H113Cl3F2IN5O26S7. The van der Waals surface area contributed by atoms with E-state index in [9.17, 15) is 58.0 Å². The molecule has 0 bridgehead atoms. The summed E-state index contributed by atoms with van der Waals surface area (Å²) in [6.07, 6.45) is 6.96. The number of alkyl halides is 1. The fraction of sp³-hybridized carbons (Fsp3) is 0.438. The van der Waals surface area contributed by atoms with E-state index in [1.807, 2.05) is 33.8 Å². The molecule has 0 radical (unpaired) electrons. The van der Waals surface area contributed by atoms with Crippen molar-refractivity contribution in [3.8, 4) is 28.7 Å². The number of nitrogens with zero attached hydrogens (tertiary/aromatic N) is 2. The van der Waals surface area contributed by atoms with E-state index in [1.54, 1.807) is 37.3 Å². The van der Waals surface area contributed by atoms with Crippen LogP contribution in [0.15, 0.2) is 142 Å². The minimum atomic E-state index is -4.19. The summed E-state index contributed by atoms with van der Waals surface area (Å²) in [4.78, 5) is 66.1. The maximum Gasteiger partial charge on any atom is 0.353 e. The molecule has 10 rings (SSSR count). The topological polar surface area (TPSA) is 454 Å². The number of aryl methyl sites for hydroxylation is 2. The van der Waals surface area contributed by atoms with Gasteiger partial charge >= 0.3 is 33.2 Å². The van der Waals surface area contributed by atoms with Crippen molar-refractivity contribution in [1.29, 1.82) is 0 Å². The molecule has 7 aromatic rings. The predicted octanol–water partition coefficient (Wildman–Crippen LogP) is 14.5. The summed E-state index contributed by atoms with van der Waals surface area (Å²) < 4.78 is 181. The Bertz CT molecular complexity index is 4850. The van der Waals surface area contributed by atoms with Gasteiger partial charge in [-0.2, -0.15) is 48.9 Å². The number of phenolic OH excluding ortho intramolecular Hbond substituents is 1. The number of aromatic hydroxyl groups is 1. The highest BCUT2D eigenvalue weighted by Gasteiger charge is 2.29. The second-order valence-corrected chi connectivity index (χ2v) is 35.3. The maximum absolute atomic E-state index is 13.4. The van der Waals surface area contributed by atoms with Crippen LogP contribution in [0.4, 0.5) is 20.4 Å². The zero-order chi connectivity index (χ0) is 90.2. The average Bonchev–Trinajstić information content (AvgIpc) is 1.03. The fourth-order valence-electron chi connectivity index (χ4n) is 9.79. The third-order valence-electron chi connectivity index (χ3n) is 15.8. The quantitative estimate of drug-likeness (QED) is 0.00839. The van der Waals surface area contributed by atoms with Gasteiger partial charge in [0.2, 0.25) is 0 Å². The van der Waals surface area contributed by atoms with Crippen LogP contribution in [0.1, 0.15) is 149 Å². The summed E-state index contributed by atoms with van der Waals surface area (Å²) in [5.74, 6) is -1.72. The van der Waals surface area contributed by atoms with Crippen molar-refractivity contribution in [3.05, 3.63) is 178 Å². The normalized spacial score (nSPS) is 13.9. The van der Waals surface area contributed by atoms with Crippen LogP contribution in [0, 0.1) is 37.3 Å². The number of methoxy groups -OCH3 is 4. The number of esters is 4. The van der Waals surface area contributed by atoms with Gasteiger partial charge in [-0.15, -0.1) is 12.4 Å². The van der Waals surface area contributed by atoms with Gasteiger partial charge in [0.05, 0.1) is 118 Å². The van der Waals surface area contributed by atoms with Crippen molar-refractivity contribution in [2.75, 3.05) is 121 Å². The number of hydrogen-bond acceptors (Lipinski definition) is 29. The number of carbonyl (C=O) groups is 5. The summed E-state index contributed by atoms with van der Waals surface area (Å²) in [6, 6.07) is 31.3. The van der Waals surface area contributed by atoms with Gasteiger partial charge < -0.3 is 74.0 Å². The number of anilines is 2. The smallest absolute Gasteiger partial charge is 0.353 e. The molecule has 44 heteroatoms.